The third-order valence-corrected chi connectivity index (χ3v) is 4.08. The van der Waals surface area contributed by atoms with E-state index in [1.54, 1.807) is 19.1 Å². The molecule has 0 saturated heterocycles. The number of allylic oxidation sites excluding steroid dienone is 1. The molecule has 132 valence electrons. The van der Waals surface area contributed by atoms with Gasteiger partial charge in [0.25, 0.3) is 0 Å². The van der Waals surface area contributed by atoms with Crippen LogP contribution in [0.15, 0.2) is 35.5 Å². The molecule has 0 fully saturated rings. The highest BCUT2D eigenvalue weighted by atomic mass is 19.1. The number of hydrogen-bond donors (Lipinski definition) is 1. The normalized spacial score (nSPS) is 16.4. The second-order valence-electron chi connectivity index (χ2n) is 5.91. The van der Waals surface area contributed by atoms with Crippen LogP contribution in [0, 0.1) is 5.82 Å². The minimum Gasteiger partial charge on any atom is -0.462 e. The van der Waals surface area contributed by atoms with E-state index in [2.05, 4.69) is 27.8 Å². The summed E-state index contributed by atoms with van der Waals surface area (Å²) >= 11 is 0. The van der Waals surface area contributed by atoms with Crippen LogP contribution in [0.3, 0.4) is 0 Å². The van der Waals surface area contributed by atoms with Crippen molar-refractivity contribution >= 4 is 11.9 Å². The first kappa shape index (κ1) is 17.1. The summed E-state index contributed by atoms with van der Waals surface area (Å²) in [5.74, 6) is -0.440. The Hall–Kier alpha value is -2.77. The molecule has 1 aliphatic heterocycles. The van der Waals surface area contributed by atoms with Gasteiger partial charge in [0.05, 0.1) is 12.2 Å². The molecule has 1 aliphatic rings. The van der Waals surface area contributed by atoms with Crippen LogP contribution in [0.4, 0.5) is 10.3 Å². The summed E-state index contributed by atoms with van der Waals surface area (Å²) < 4.78 is 20.6. The zero-order valence-electron chi connectivity index (χ0n) is 14.2. The average Bonchev–Trinajstić information content (AvgIpc) is 3.05. The van der Waals surface area contributed by atoms with E-state index in [-0.39, 0.29) is 5.82 Å². The zero-order valence-corrected chi connectivity index (χ0v) is 14.2. The number of carbonyl (C=O) groups excluding carboxylic acids is 1. The molecule has 0 bridgehead atoms. The van der Waals surface area contributed by atoms with E-state index in [1.807, 2.05) is 0 Å². The largest absolute Gasteiger partial charge is 0.462 e. The molecule has 2 aromatic rings. The number of anilines is 1. The summed E-state index contributed by atoms with van der Waals surface area (Å²) in [5.41, 5.74) is 1.55. The van der Waals surface area contributed by atoms with Crippen LogP contribution in [-0.4, -0.2) is 32.8 Å². The summed E-state index contributed by atoms with van der Waals surface area (Å²) in [4.78, 5) is 12.7. The summed E-state index contributed by atoms with van der Waals surface area (Å²) in [7, 11) is 0. The first-order chi connectivity index (χ1) is 12.1. The van der Waals surface area contributed by atoms with Crippen molar-refractivity contribution in [1.29, 1.82) is 0 Å². The number of aromatic nitrogens is 4. The van der Waals surface area contributed by atoms with Crippen molar-refractivity contribution in [2.75, 3.05) is 11.9 Å². The highest BCUT2D eigenvalue weighted by Crippen LogP contribution is 2.34. The Kier molecular flexibility index (Phi) is 5.06. The number of esters is 1. The Morgan fingerprint density at radius 3 is 3.00 bits per heavy atom. The van der Waals surface area contributed by atoms with Crippen molar-refractivity contribution in [2.45, 2.75) is 39.2 Å². The molecule has 1 N–H and O–H groups in total. The van der Waals surface area contributed by atoms with E-state index in [9.17, 15) is 9.18 Å². The number of halogens is 1. The van der Waals surface area contributed by atoms with Crippen LogP contribution in [0.1, 0.15) is 44.7 Å². The van der Waals surface area contributed by atoms with Crippen molar-refractivity contribution in [3.63, 3.8) is 0 Å². The minimum atomic E-state index is -0.638. The maximum Gasteiger partial charge on any atom is 0.338 e. The lowest BCUT2D eigenvalue weighted by Gasteiger charge is -2.27. The number of unbranched alkanes of at least 4 members (excludes halogenated alkanes) is 2. The second kappa shape index (κ2) is 7.42. The monoisotopic (exact) mass is 345 g/mol. The molecular weight excluding hydrogens is 325 g/mol. The summed E-state index contributed by atoms with van der Waals surface area (Å²) in [6.07, 6.45) is 2.84. The predicted octanol–water partition coefficient (Wildman–Crippen LogP) is 2.83. The highest BCUT2D eigenvalue weighted by Gasteiger charge is 2.35. The van der Waals surface area contributed by atoms with Crippen molar-refractivity contribution in [2.24, 2.45) is 0 Å². The van der Waals surface area contributed by atoms with Gasteiger partial charge in [0.2, 0.25) is 5.95 Å². The molecule has 2 heterocycles. The Morgan fingerprint density at radius 2 is 2.24 bits per heavy atom. The molecule has 0 aliphatic carbocycles. The number of ether oxygens (including phenoxy) is 1. The number of fused-ring (bicyclic) bond motifs is 1. The van der Waals surface area contributed by atoms with Crippen molar-refractivity contribution in [3.05, 3.63) is 46.9 Å². The standard InChI is InChI=1S/C17H20FN5O2/c1-3-4-5-9-25-16(24)14-11(2)19-17-20-21-22-23(17)15(14)12-7-6-8-13(18)10-12/h6-8,10,15H,3-5,9H2,1-2H3,(H,19,20,22). The fraction of sp³-hybridized carbons (Fsp3) is 0.412. The van der Waals surface area contributed by atoms with Crippen LogP contribution in [-0.2, 0) is 9.53 Å². The van der Waals surface area contributed by atoms with Crippen molar-refractivity contribution < 1.29 is 13.9 Å². The lowest BCUT2D eigenvalue weighted by molar-refractivity contribution is -0.139. The Balaban J connectivity index is 1.94. The lowest BCUT2D eigenvalue weighted by atomic mass is 9.96. The van der Waals surface area contributed by atoms with Gasteiger partial charge in [-0.1, -0.05) is 37.0 Å². The van der Waals surface area contributed by atoms with E-state index < -0.39 is 12.0 Å². The molecule has 25 heavy (non-hydrogen) atoms. The van der Waals surface area contributed by atoms with Gasteiger partial charge in [0.1, 0.15) is 11.9 Å². The fourth-order valence-corrected chi connectivity index (χ4v) is 2.86. The molecule has 0 radical (unpaired) electrons. The zero-order chi connectivity index (χ0) is 17.8. The summed E-state index contributed by atoms with van der Waals surface area (Å²) in [6, 6.07) is 5.42. The van der Waals surface area contributed by atoms with Crippen LogP contribution >= 0.6 is 0 Å². The van der Waals surface area contributed by atoms with Gasteiger partial charge in [-0.15, -0.1) is 0 Å². The minimum absolute atomic E-state index is 0.349. The molecule has 0 saturated carbocycles. The van der Waals surface area contributed by atoms with Gasteiger partial charge in [-0.05, 0) is 41.5 Å². The molecule has 1 aromatic heterocycles. The summed E-state index contributed by atoms with van der Waals surface area (Å²) in [5, 5.41) is 14.5. The number of nitrogens with one attached hydrogen (secondary N) is 1. The molecule has 1 aromatic carbocycles. The van der Waals surface area contributed by atoms with Crippen molar-refractivity contribution in [1.82, 2.24) is 20.2 Å². The van der Waals surface area contributed by atoms with Gasteiger partial charge in [0.15, 0.2) is 0 Å². The number of rotatable bonds is 6. The number of tetrazole rings is 1. The van der Waals surface area contributed by atoms with Gasteiger partial charge in [-0.2, -0.15) is 4.68 Å². The van der Waals surface area contributed by atoms with Crippen LogP contribution in [0.25, 0.3) is 0 Å². The molecule has 8 heteroatoms. The topological polar surface area (TPSA) is 81.9 Å². The third kappa shape index (κ3) is 3.52. The quantitative estimate of drug-likeness (QED) is 0.640. The van der Waals surface area contributed by atoms with E-state index >= 15 is 0 Å². The summed E-state index contributed by atoms with van der Waals surface area (Å²) in [6.45, 7) is 4.19. The molecule has 1 atom stereocenters. The van der Waals surface area contributed by atoms with Gasteiger partial charge in [-0.3, -0.25) is 0 Å². The number of benzene rings is 1. The van der Waals surface area contributed by atoms with E-state index in [0.717, 1.165) is 19.3 Å². The first-order valence-electron chi connectivity index (χ1n) is 8.30. The van der Waals surface area contributed by atoms with Crippen molar-refractivity contribution in [3.8, 4) is 0 Å². The smallest absolute Gasteiger partial charge is 0.338 e. The Morgan fingerprint density at radius 1 is 1.40 bits per heavy atom. The van der Waals surface area contributed by atoms with Crippen LogP contribution in [0.2, 0.25) is 0 Å². The number of nitrogens with zero attached hydrogens (tertiary/aromatic N) is 4. The molecule has 1 unspecified atom stereocenters. The average molecular weight is 345 g/mol. The van der Waals surface area contributed by atoms with Gasteiger partial charge < -0.3 is 10.1 Å². The van der Waals surface area contributed by atoms with Crippen LogP contribution < -0.4 is 5.32 Å². The van der Waals surface area contributed by atoms with E-state index in [4.69, 9.17) is 4.74 Å². The maximum absolute atomic E-state index is 13.7. The highest BCUT2D eigenvalue weighted by molar-refractivity contribution is 5.92. The number of hydrogen-bond acceptors (Lipinski definition) is 6. The van der Waals surface area contributed by atoms with Gasteiger partial charge in [0, 0.05) is 5.70 Å². The van der Waals surface area contributed by atoms with E-state index in [1.165, 1.54) is 16.8 Å². The predicted molar refractivity (Wildman–Crippen MR) is 89.2 cm³/mol. The Bertz CT molecular complexity index is 802. The maximum atomic E-state index is 13.7. The Labute approximate surface area is 144 Å². The number of carbonyl (C=O) groups is 1. The molecule has 3 rings (SSSR count). The van der Waals surface area contributed by atoms with Crippen LogP contribution in [0.5, 0.6) is 0 Å². The van der Waals surface area contributed by atoms with Gasteiger partial charge in [-0.25, -0.2) is 9.18 Å². The fourth-order valence-electron chi connectivity index (χ4n) is 2.86. The van der Waals surface area contributed by atoms with Gasteiger partial charge >= 0.3 is 5.97 Å². The molecule has 0 spiro atoms. The van der Waals surface area contributed by atoms with E-state index in [0.29, 0.717) is 29.4 Å². The molecule has 0 amide bonds. The third-order valence-electron chi connectivity index (χ3n) is 4.08. The second-order valence-corrected chi connectivity index (χ2v) is 5.91. The molecular formula is C17H20FN5O2. The molecule has 7 nitrogen and oxygen atoms in total. The SMILES string of the molecule is CCCCCOC(=O)C1=C(C)Nc2nnnn2C1c1cccc(F)c1. The lowest BCUT2D eigenvalue weighted by Crippen LogP contribution is -2.30. The first-order valence-corrected chi connectivity index (χ1v) is 8.30.